The van der Waals surface area contributed by atoms with Crippen LogP contribution in [0.15, 0.2) is 54.6 Å². The van der Waals surface area contributed by atoms with Gasteiger partial charge in [0.05, 0.1) is 6.54 Å². The van der Waals surface area contributed by atoms with Crippen molar-refractivity contribution in [3.8, 4) is 5.75 Å². The zero-order valence-corrected chi connectivity index (χ0v) is 11.5. The predicted molar refractivity (Wildman–Crippen MR) is 81.7 cm³/mol. The van der Waals surface area contributed by atoms with E-state index in [9.17, 15) is 4.79 Å². The highest BCUT2D eigenvalue weighted by molar-refractivity contribution is 5.95. The molecule has 0 radical (unpaired) electrons. The number of nitrogens with two attached hydrogens (primary N) is 1. The average molecular weight is 283 g/mol. The van der Waals surface area contributed by atoms with Gasteiger partial charge in [-0.3, -0.25) is 10.2 Å². The number of amides is 1. The van der Waals surface area contributed by atoms with Crippen LogP contribution in [-0.2, 0) is 0 Å². The maximum absolute atomic E-state index is 11.8. The highest BCUT2D eigenvalue weighted by atomic mass is 16.5. The second-order valence-electron chi connectivity index (χ2n) is 4.41. The number of nitrogen functional groups attached to an aromatic ring is 1. The van der Waals surface area contributed by atoms with Crippen molar-refractivity contribution in [1.29, 1.82) is 5.41 Å². The molecule has 0 aliphatic heterocycles. The fourth-order valence-corrected chi connectivity index (χ4v) is 1.78. The molecular formula is C16H17N3O2. The van der Waals surface area contributed by atoms with E-state index in [1.54, 1.807) is 36.4 Å². The minimum atomic E-state index is -0.128. The zero-order chi connectivity index (χ0) is 15.1. The summed E-state index contributed by atoms with van der Waals surface area (Å²) in [6, 6.07) is 16.0. The zero-order valence-electron chi connectivity index (χ0n) is 11.5. The molecule has 21 heavy (non-hydrogen) atoms. The van der Waals surface area contributed by atoms with Crippen molar-refractivity contribution < 1.29 is 9.53 Å². The molecule has 0 bridgehead atoms. The first-order valence-corrected chi connectivity index (χ1v) is 6.57. The van der Waals surface area contributed by atoms with Gasteiger partial charge in [-0.05, 0) is 24.3 Å². The van der Waals surface area contributed by atoms with E-state index in [2.05, 4.69) is 5.32 Å². The van der Waals surface area contributed by atoms with Crippen LogP contribution in [0, 0.1) is 5.41 Å². The van der Waals surface area contributed by atoms with Gasteiger partial charge >= 0.3 is 0 Å². The molecule has 0 aliphatic rings. The summed E-state index contributed by atoms with van der Waals surface area (Å²) in [5.74, 6) is 0.492. The number of nitrogens with one attached hydrogen (secondary N) is 2. The van der Waals surface area contributed by atoms with E-state index in [1.165, 1.54) is 0 Å². The number of hydrogen-bond donors (Lipinski definition) is 3. The normalized spacial score (nSPS) is 9.90. The van der Waals surface area contributed by atoms with Crippen LogP contribution in [0.1, 0.15) is 15.9 Å². The van der Waals surface area contributed by atoms with Gasteiger partial charge in [0.2, 0.25) is 0 Å². The Balaban J connectivity index is 1.79. The van der Waals surface area contributed by atoms with Gasteiger partial charge in [0, 0.05) is 11.1 Å². The first-order chi connectivity index (χ1) is 10.2. The summed E-state index contributed by atoms with van der Waals surface area (Å²) in [5.41, 5.74) is 6.65. The molecule has 0 spiro atoms. The smallest absolute Gasteiger partial charge is 0.251 e. The Morgan fingerprint density at radius 3 is 2.52 bits per heavy atom. The Kier molecular flexibility index (Phi) is 4.93. The van der Waals surface area contributed by atoms with Crippen LogP contribution >= 0.6 is 0 Å². The molecule has 0 heterocycles. The molecule has 0 saturated heterocycles. The van der Waals surface area contributed by atoms with E-state index in [4.69, 9.17) is 15.9 Å². The van der Waals surface area contributed by atoms with Crippen LogP contribution in [-0.4, -0.2) is 24.9 Å². The van der Waals surface area contributed by atoms with Crippen LogP contribution in [0.4, 0.5) is 0 Å². The summed E-state index contributed by atoms with van der Waals surface area (Å²) < 4.78 is 5.52. The third-order valence-corrected chi connectivity index (χ3v) is 2.84. The molecule has 0 saturated carbocycles. The first kappa shape index (κ1) is 14.6. The Morgan fingerprint density at radius 2 is 1.81 bits per heavy atom. The molecule has 0 unspecified atom stereocenters. The Labute approximate surface area is 123 Å². The molecule has 4 N–H and O–H groups in total. The Hall–Kier alpha value is -2.82. The predicted octanol–water partition coefficient (Wildman–Crippen LogP) is 1.78. The summed E-state index contributed by atoms with van der Waals surface area (Å²) in [4.78, 5) is 11.8. The maximum Gasteiger partial charge on any atom is 0.251 e. The van der Waals surface area contributed by atoms with E-state index in [1.807, 2.05) is 18.2 Å². The molecule has 1 amide bonds. The standard InChI is InChI=1S/C16H17N3O2/c17-15(18)13-7-4-8-14(11-13)21-10-9-19-16(20)12-5-2-1-3-6-12/h1-8,11H,9-10H2,(H3,17,18)(H,19,20). The molecule has 2 rings (SSSR count). The van der Waals surface area contributed by atoms with Crippen molar-refractivity contribution in [1.82, 2.24) is 5.32 Å². The molecule has 2 aromatic rings. The maximum atomic E-state index is 11.8. The summed E-state index contributed by atoms with van der Waals surface area (Å²) >= 11 is 0. The second kappa shape index (κ2) is 7.09. The van der Waals surface area contributed by atoms with E-state index >= 15 is 0 Å². The van der Waals surface area contributed by atoms with Gasteiger partial charge in [-0.15, -0.1) is 0 Å². The highest BCUT2D eigenvalue weighted by Gasteiger charge is 2.03. The minimum absolute atomic E-state index is 0.00201. The minimum Gasteiger partial charge on any atom is -0.492 e. The van der Waals surface area contributed by atoms with E-state index in [0.29, 0.717) is 30.0 Å². The average Bonchev–Trinajstić information content (AvgIpc) is 2.52. The van der Waals surface area contributed by atoms with Crippen molar-refractivity contribution in [3.63, 3.8) is 0 Å². The van der Waals surface area contributed by atoms with Crippen molar-refractivity contribution in [3.05, 3.63) is 65.7 Å². The molecule has 0 aliphatic carbocycles. The summed E-state index contributed by atoms with van der Waals surface area (Å²) in [7, 11) is 0. The number of benzene rings is 2. The van der Waals surface area contributed by atoms with Gasteiger partial charge in [-0.2, -0.15) is 0 Å². The van der Waals surface area contributed by atoms with E-state index < -0.39 is 0 Å². The summed E-state index contributed by atoms with van der Waals surface area (Å²) in [6.07, 6.45) is 0. The van der Waals surface area contributed by atoms with Gasteiger partial charge < -0.3 is 15.8 Å². The fraction of sp³-hybridized carbons (Fsp3) is 0.125. The van der Waals surface area contributed by atoms with Gasteiger partial charge in [0.25, 0.3) is 5.91 Å². The number of hydrogen-bond acceptors (Lipinski definition) is 3. The van der Waals surface area contributed by atoms with Crippen LogP contribution in [0.5, 0.6) is 5.75 Å². The number of amidine groups is 1. The van der Waals surface area contributed by atoms with Crippen molar-refractivity contribution in [2.45, 2.75) is 0 Å². The monoisotopic (exact) mass is 283 g/mol. The van der Waals surface area contributed by atoms with Crippen molar-refractivity contribution >= 4 is 11.7 Å². The molecule has 2 aromatic carbocycles. The van der Waals surface area contributed by atoms with E-state index in [-0.39, 0.29) is 11.7 Å². The third kappa shape index (κ3) is 4.35. The molecule has 0 aromatic heterocycles. The molecule has 108 valence electrons. The number of rotatable bonds is 6. The number of ether oxygens (including phenoxy) is 1. The highest BCUT2D eigenvalue weighted by Crippen LogP contribution is 2.12. The Bertz CT molecular complexity index is 626. The number of carbonyl (C=O) groups excluding carboxylic acids is 1. The number of carbonyl (C=O) groups is 1. The fourth-order valence-electron chi connectivity index (χ4n) is 1.78. The lowest BCUT2D eigenvalue weighted by molar-refractivity contribution is 0.0947. The third-order valence-electron chi connectivity index (χ3n) is 2.84. The van der Waals surface area contributed by atoms with Crippen LogP contribution in [0.3, 0.4) is 0 Å². The van der Waals surface area contributed by atoms with Crippen LogP contribution < -0.4 is 15.8 Å². The van der Waals surface area contributed by atoms with Crippen molar-refractivity contribution in [2.24, 2.45) is 5.73 Å². The summed E-state index contributed by atoms with van der Waals surface area (Å²) in [6.45, 7) is 0.748. The lowest BCUT2D eigenvalue weighted by atomic mass is 10.2. The first-order valence-electron chi connectivity index (χ1n) is 6.57. The summed E-state index contributed by atoms with van der Waals surface area (Å²) in [5, 5.41) is 10.1. The quantitative estimate of drug-likeness (QED) is 0.429. The van der Waals surface area contributed by atoms with Gasteiger partial charge in [0.1, 0.15) is 18.2 Å². The topological polar surface area (TPSA) is 88.2 Å². The van der Waals surface area contributed by atoms with Crippen LogP contribution in [0.25, 0.3) is 0 Å². The molecule has 5 nitrogen and oxygen atoms in total. The SMILES string of the molecule is N=C(N)c1cccc(OCCNC(=O)c2ccccc2)c1. The van der Waals surface area contributed by atoms with Crippen molar-refractivity contribution in [2.75, 3.05) is 13.2 Å². The molecular weight excluding hydrogens is 266 g/mol. The Morgan fingerprint density at radius 1 is 1.10 bits per heavy atom. The molecule has 0 fully saturated rings. The van der Waals surface area contributed by atoms with Gasteiger partial charge in [-0.1, -0.05) is 30.3 Å². The molecule has 5 heteroatoms. The van der Waals surface area contributed by atoms with Gasteiger partial charge in [0.15, 0.2) is 0 Å². The molecule has 0 atom stereocenters. The second-order valence-corrected chi connectivity index (χ2v) is 4.41. The van der Waals surface area contributed by atoms with E-state index in [0.717, 1.165) is 0 Å². The lowest BCUT2D eigenvalue weighted by Gasteiger charge is -2.09. The largest absolute Gasteiger partial charge is 0.492 e. The lowest BCUT2D eigenvalue weighted by Crippen LogP contribution is -2.28. The van der Waals surface area contributed by atoms with Gasteiger partial charge in [-0.25, -0.2) is 0 Å². The van der Waals surface area contributed by atoms with Crippen LogP contribution in [0.2, 0.25) is 0 Å².